The van der Waals surface area contributed by atoms with Gasteiger partial charge in [0, 0.05) is 16.6 Å². The lowest BCUT2D eigenvalue weighted by molar-refractivity contribution is 0.879. The Morgan fingerprint density at radius 2 is 1.95 bits per heavy atom. The molecular weight excluding hydrogens is 252 g/mol. The average Bonchev–Trinajstić information content (AvgIpc) is 2.47. The lowest BCUT2D eigenvalue weighted by Crippen LogP contribution is -2.07. The summed E-state index contributed by atoms with van der Waals surface area (Å²) in [6.07, 6.45) is 2.07. The lowest BCUT2D eigenvalue weighted by atomic mass is 10.1. The maximum absolute atomic E-state index is 8.94. The first-order valence-corrected chi connectivity index (χ1v) is 7.36. The monoisotopic (exact) mass is 268 g/mol. The van der Waals surface area contributed by atoms with Crippen LogP contribution in [0.4, 0.5) is 5.69 Å². The van der Waals surface area contributed by atoms with Crippen LogP contribution in [0.3, 0.4) is 0 Å². The minimum Gasteiger partial charge on any atom is -0.378 e. The van der Waals surface area contributed by atoms with E-state index in [1.165, 1.54) is 4.90 Å². The standard InChI is InChI=1S/C16H16N2S/c1-12(14-7-5-6-13(10-14)11-17)18-15-8-3-4-9-16(15)19-2/h3-10,12,18H,1-2H3. The highest BCUT2D eigenvalue weighted by molar-refractivity contribution is 7.98. The second kappa shape index (κ2) is 6.31. The molecule has 2 aromatic carbocycles. The van der Waals surface area contributed by atoms with E-state index < -0.39 is 0 Å². The van der Waals surface area contributed by atoms with Crippen molar-refractivity contribution >= 4 is 17.4 Å². The van der Waals surface area contributed by atoms with Crippen LogP contribution in [0.5, 0.6) is 0 Å². The van der Waals surface area contributed by atoms with Gasteiger partial charge >= 0.3 is 0 Å². The Morgan fingerprint density at radius 3 is 2.68 bits per heavy atom. The summed E-state index contributed by atoms with van der Waals surface area (Å²) < 4.78 is 0. The fourth-order valence-corrected chi connectivity index (χ4v) is 2.52. The summed E-state index contributed by atoms with van der Waals surface area (Å²) in [4.78, 5) is 1.23. The van der Waals surface area contributed by atoms with Crippen molar-refractivity contribution in [2.75, 3.05) is 11.6 Å². The Hall–Kier alpha value is -1.92. The second-order valence-corrected chi connectivity index (χ2v) is 5.15. The highest BCUT2D eigenvalue weighted by atomic mass is 32.2. The van der Waals surface area contributed by atoms with Crippen molar-refractivity contribution in [3.8, 4) is 6.07 Å². The number of anilines is 1. The predicted octanol–water partition coefficient (Wildman–Crippen LogP) is 4.45. The van der Waals surface area contributed by atoms with Crippen molar-refractivity contribution in [3.63, 3.8) is 0 Å². The first kappa shape index (κ1) is 13.5. The fraction of sp³-hybridized carbons (Fsp3) is 0.188. The molecule has 0 bridgehead atoms. The van der Waals surface area contributed by atoms with Crippen LogP contribution >= 0.6 is 11.8 Å². The molecule has 0 amide bonds. The van der Waals surface area contributed by atoms with E-state index in [4.69, 9.17) is 5.26 Å². The molecule has 0 aromatic heterocycles. The van der Waals surface area contributed by atoms with Gasteiger partial charge in [0.2, 0.25) is 0 Å². The van der Waals surface area contributed by atoms with Crippen LogP contribution in [0.2, 0.25) is 0 Å². The van der Waals surface area contributed by atoms with Gasteiger partial charge in [-0.25, -0.2) is 0 Å². The zero-order chi connectivity index (χ0) is 13.7. The maximum atomic E-state index is 8.94. The molecule has 2 aromatic rings. The Morgan fingerprint density at radius 1 is 1.16 bits per heavy atom. The first-order chi connectivity index (χ1) is 9.24. The summed E-state index contributed by atoms with van der Waals surface area (Å²) in [5.41, 5.74) is 2.95. The summed E-state index contributed by atoms with van der Waals surface area (Å²) in [6, 6.07) is 18.3. The number of nitrogens with one attached hydrogen (secondary N) is 1. The van der Waals surface area contributed by atoms with E-state index in [1.807, 2.05) is 36.4 Å². The van der Waals surface area contributed by atoms with E-state index in [2.05, 4.69) is 36.7 Å². The number of benzene rings is 2. The second-order valence-electron chi connectivity index (χ2n) is 4.30. The molecule has 1 unspecified atom stereocenters. The molecule has 0 aliphatic heterocycles. The van der Waals surface area contributed by atoms with Crippen molar-refractivity contribution < 1.29 is 0 Å². The zero-order valence-electron chi connectivity index (χ0n) is 11.1. The van der Waals surface area contributed by atoms with E-state index in [0.29, 0.717) is 5.56 Å². The van der Waals surface area contributed by atoms with Gasteiger partial charge in [0.1, 0.15) is 0 Å². The molecule has 0 fully saturated rings. The Bertz CT molecular complexity index is 602. The fourth-order valence-electron chi connectivity index (χ4n) is 1.96. The SMILES string of the molecule is CSc1ccccc1NC(C)c1cccc(C#N)c1. The molecule has 96 valence electrons. The lowest BCUT2D eigenvalue weighted by Gasteiger charge is -2.18. The van der Waals surface area contributed by atoms with Crippen molar-refractivity contribution in [2.24, 2.45) is 0 Å². The summed E-state index contributed by atoms with van der Waals surface area (Å²) in [5, 5.41) is 12.4. The van der Waals surface area contributed by atoms with E-state index in [1.54, 1.807) is 11.8 Å². The van der Waals surface area contributed by atoms with Gasteiger partial charge in [0.25, 0.3) is 0 Å². The third-order valence-electron chi connectivity index (χ3n) is 2.99. The van der Waals surface area contributed by atoms with Crippen LogP contribution in [0.25, 0.3) is 0 Å². The van der Waals surface area contributed by atoms with Crippen molar-refractivity contribution in [3.05, 3.63) is 59.7 Å². The molecule has 0 saturated heterocycles. The van der Waals surface area contributed by atoms with Crippen LogP contribution in [0, 0.1) is 11.3 Å². The van der Waals surface area contributed by atoms with Gasteiger partial charge in [0.05, 0.1) is 11.6 Å². The first-order valence-electron chi connectivity index (χ1n) is 6.14. The zero-order valence-corrected chi connectivity index (χ0v) is 11.9. The molecule has 3 heteroatoms. The molecular formula is C16H16N2S. The summed E-state index contributed by atoms with van der Waals surface area (Å²) in [5.74, 6) is 0. The Balaban J connectivity index is 2.21. The van der Waals surface area contributed by atoms with Gasteiger partial charge in [-0.15, -0.1) is 11.8 Å². The molecule has 0 radical (unpaired) electrons. The van der Waals surface area contributed by atoms with Crippen LogP contribution in [-0.4, -0.2) is 6.26 Å². The van der Waals surface area contributed by atoms with Crippen LogP contribution < -0.4 is 5.32 Å². The molecule has 0 spiro atoms. The number of hydrogen-bond donors (Lipinski definition) is 1. The number of hydrogen-bond acceptors (Lipinski definition) is 3. The summed E-state index contributed by atoms with van der Waals surface area (Å²) in [6.45, 7) is 2.10. The number of para-hydroxylation sites is 1. The third kappa shape index (κ3) is 3.30. The normalized spacial score (nSPS) is 11.6. The van der Waals surface area contributed by atoms with Gasteiger partial charge in [-0.1, -0.05) is 24.3 Å². The average molecular weight is 268 g/mol. The van der Waals surface area contributed by atoms with Gasteiger partial charge < -0.3 is 5.32 Å². The summed E-state index contributed by atoms with van der Waals surface area (Å²) >= 11 is 1.73. The molecule has 19 heavy (non-hydrogen) atoms. The van der Waals surface area contributed by atoms with E-state index in [-0.39, 0.29) is 6.04 Å². The van der Waals surface area contributed by atoms with Crippen molar-refractivity contribution in [2.45, 2.75) is 17.9 Å². The minimum absolute atomic E-state index is 0.168. The smallest absolute Gasteiger partial charge is 0.0991 e. The number of rotatable bonds is 4. The molecule has 2 nitrogen and oxygen atoms in total. The number of nitriles is 1. The van der Waals surface area contributed by atoms with Crippen LogP contribution in [0.1, 0.15) is 24.1 Å². The molecule has 1 N–H and O–H groups in total. The Kier molecular flexibility index (Phi) is 4.48. The molecule has 0 heterocycles. The molecule has 0 saturated carbocycles. The quantitative estimate of drug-likeness (QED) is 0.832. The van der Waals surface area contributed by atoms with Gasteiger partial charge in [-0.2, -0.15) is 5.26 Å². The molecule has 0 aliphatic carbocycles. The minimum atomic E-state index is 0.168. The maximum Gasteiger partial charge on any atom is 0.0991 e. The third-order valence-corrected chi connectivity index (χ3v) is 3.79. The van der Waals surface area contributed by atoms with E-state index >= 15 is 0 Å². The van der Waals surface area contributed by atoms with Crippen LogP contribution in [-0.2, 0) is 0 Å². The largest absolute Gasteiger partial charge is 0.378 e. The van der Waals surface area contributed by atoms with Crippen molar-refractivity contribution in [1.29, 1.82) is 5.26 Å². The van der Waals surface area contributed by atoms with Gasteiger partial charge in [0.15, 0.2) is 0 Å². The topological polar surface area (TPSA) is 35.8 Å². The highest BCUT2D eigenvalue weighted by Gasteiger charge is 2.08. The molecule has 1 atom stereocenters. The summed E-state index contributed by atoms with van der Waals surface area (Å²) in [7, 11) is 0. The van der Waals surface area contributed by atoms with Gasteiger partial charge in [-0.05, 0) is 43.0 Å². The number of thioether (sulfide) groups is 1. The Labute approximate surface area is 118 Å². The van der Waals surface area contributed by atoms with Gasteiger partial charge in [-0.3, -0.25) is 0 Å². The molecule has 0 aliphatic rings. The molecule has 2 rings (SSSR count). The van der Waals surface area contributed by atoms with E-state index in [0.717, 1.165) is 11.3 Å². The predicted molar refractivity (Wildman–Crippen MR) is 81.4 cm³/mol. The van der Waals surface area contributed by atoms with Crippen molar-refractivity contribution in [1.82, 2.24) is 0 Å². The van der Waals surface area contributed by atoms with E-state index in [9.17, 15) is 0 Å². The highest BCUT2D eigenvalue weighted by Crippen LogP contribution is 2.28. The van der Waals surface area contributed by atoms with Crippen LogP contribution in [0.15, 0.2) is 53.4 Å². The number of nitrogens with zero attached hydrogens (tertiary/aromatic N) is 1.